The molecule has 0 aromatic carbocycles. The molecule has 3 unspecified atom stereocenters. The Morgan fingerprint density at radius 1 is 1.44 bits per heavy atom. The Bertz CT molecular complexity index is 338. The van der Waals surface area contributed by atoms with Crippen LogP contribution in [0.15, 0.2) is 23.3 Å². The van der Waals surface area contributed by atoms with Crippen LogP contribution in [0.25, 0.3) is 0 Å². The molecule has 3 nitrogen and oxygen atoms in total. The summed E-state index contributed by atoms with van der Waals surface area (Å²) in [5, 5.41) is 20.0. The molecule has 0 saturated heterocycles. The van der Waals surface area contributed by atoms with Crippen LogP contribution >= 0.6 is 0 Å². The van der Waals surface area contributed by atoms with Crippen molar-refractivity contribution in [2.45, 2.75) is 59.4 Å². The minimum Gasteiger partial charge on any atom is -0.390 e. The molecular formula is C15H26O3. The van der Waals surface area contributed by atoms with Crippen molar-refractivity contribution in [3.05, 3.63) is 23.3 Å². The summed E-state index contributed by atoms with van der Waals surface area (Å²) in [5.41, 5.74) is 1.86. The van der Waals surface area contributed by atoms with E-state index >= 15 is 0 Å². The summed E-state index contributed by atoms with van der Waals surface area (Å²) in [6.45, 7) is 10.5. The highest BCUT2D eigenvalue weighted by Crippen LogP contribution is 2.35. The second-order valence-corrected chi connectivity index (χ2v) is 6.14. The van der Waals surface area contributed by atoms with Gasteiger partial charge >= 0.3 is 0 Å². The monoisotopic (exact) mass is 254 g/mol. The summed E-state index contributed by atoms with van der Waals surface area (Å²) in [4.78, 5) is 0. The number of allylic oxidation sites excluding steroid dienone is 1. The first-order valence-corrected chi connectivity index (χ1v) is 6.53. The molecule has 0 heterocycles. The predicted octanol–water partition coefficient (Wildman–Crippen LogP) is 2.44. The van der Waals surface area contributed by atoms with Crippen molar-refractivity contribution in [3.8, 4) is 0 Å². The molecule has 3 heteroatoms. The first-order chi connectivity index (χ1) is 8.24. The average molecular weight is 254 g/mol. The van der Waals surface area contributed by atoms with Gasteiger partial charge in [-0.25, -0.2) is 0 Å². The molecule has 0 amide bonds. The van der Waals surface area contributed by atoms with Crippen molar-refractivity contribution in [3.63, 3.8) is 0 Å². The molecule has 3 atom stereocenters. The van der Waals surface area contributed by atoms with Crippen LogP contribution in [0.4, 0.5) is 0 Å². The lowest BCUT2D eigenvalue weighted by Gasteiger charge is -2.32. The smallest absolute Gasteiger partial charge is 0.0988 e. The fourth-order valence-corrected chi connectivity index (χ4v) is 2.21. The topological polar surface area (TPSA) is 49.7 Å². The molecular weight excluding hydrogens is 228 g/mol. The molecule has 0 radical (unpaired) electrons. The number of rotatable bonds is 3. The maximum Gasteiger partial charge on any atom is 0.0988 e. The van der Waals surface area contributed by atoms with Crippen molar-refractivity contribution in [1.82, 2.24) is 0 Å². The van der Waals surface area contributed by atoms with Gasteiger partial charge in [-0.15, -0.1) is 0 Å². The minimum atomic E-state index is -0.808. The van der Waals surface area contributed by atoms with Crippen LogP contribution in [0.5, 0.6) is 0 Å². The fraction of sp³-hybridized carbons (Fsp3) is 0.733. The van der Waals surface area contributed by atoms with E-state index in [2.05, 4.69) is 0 Å². The van der Waals surface area contributed by atoms with Crippen molar-refractivity contribution < 1.29 is 14.9 Å². The van der Waals surface area contributed by atoms with Crippen LogP contribution in [-0.4, -0.2) is 35.1 Å². The first kappa shape index (κ1) is 15.4. The van der Waals surface area contributed by atoms with E-state index in [1.54, 1.807) is 6.08 Å². The Labute approximate surface area is 110 Å². The van der Waals surface area contributed by atoms with Crippen molar-refractivity contribution in [1.29, 1.82) is 0 Å². The van der Waals surface area contributed by atoms with E-state index in [-0.39, 0.29) is 11.5 Å². The Morgan fingerprint density at radius 2 is 2.06 bits per heavy atom. The average Bonchev–Trinajstić information content (AvgIpc) is 2.30. The number of aliphatic hydroxyl groups excluding tert-OH is 2. The molecule has 2 N–H and O–H groups in total. The zero-order chi connectivity index (χ0) is 13.9. The van der Waals surface area contributed by atoms with E-state index in [4.69, 9.17) is 4.74 Å². The lowest BCUT2D eigenvalue weighted by molar-refractivity contribution is -0.0456. The van der Waals surface area contributed by atoms with Gasteiger partial charge in [-0.05, 0) is 38.2 Å². The third kappa shape index (κ3) is 3.94. The van der Waals surface area contributed by atoms with Crippen LogP contribution < -0.4 is 0 Å². The van der Waals surface area contributed by atoms with Crippen LogP contribution in [0, 0.1) is 5.41 Å². The second-order valence-electron chi connectivity index (χ2n) is 6.14. The highest BCUT2D eigenvalue weighted by molar-refractivity contribution is 5.15. The van der Waals surface area contributed by atoms with Crippen molar-refractivity contribution >= 4 is 0 Å². The molecule has 104 valence electrons. The van der Waals surface area contributed by atoms with E-state index < -0.39 is 12.2 Å². The Balaban J connectivity index is 2.78. The van der Waals surface area contributed by atoms with E-state index in [1.807, 2.05) is 40.7 Å². The van der Waals surface area contributed by atoms with E-state index in [9.17, 15) is 10.2 Å². The SMILES string of the molecule is CC(C)=CCOC1CC(C)(C)C(O)C(O)C=C1C. The number of hydrogen-bond acceptors (Lipinski definition) is 3. The highest BCUT2D eigenvalue weighted by atomic mass is 16.5. The summed E-state index contributed by atoms with van der Waals surface area (Å²) in [7, 11) is 0. The third-order valence-corrected chi connectivity index (χ3v) is 3.57. The van der Waals surface area contributed by atoms with Gasteiger partial charge in [-0.3, -0.25) is 0 Å². The van der Waals surface area contributed by atoms with Crippen LogP contribution in [0.3, 0.4) is 0 Å². The molecule has 0 saturated carbocycles. The van der Waals surface area contributed by atoms with Gasteiger partial charge in [0.25, 0.3) is 0 Å². The normalized spacial score (nSPS) is 31.5. The molecule has 0 aromatic heterocycles. The highest BCUT2D eigenvalue weighted by Gasteiger charge is 2.38. The summed E-state index contributed by atoms with van der Waals surface area (Å²) in [5.74, 6) is 0. The molecule has 0 spiro atoms. The number of ether oxygens (including phenoxy) is 1. The summed E-state index contributed by atoms with van der Waals surface area (Å²) < 4.78 is 5.85. The first-order valence-electron chi connectivity index (χ1n) is 6.53. The minimum absolute atomic E-state index is 0.0394. The quantitative estimate of drug-likeness (QED) is 0.761. The number of hydrogen-bond donors (Lipinski definition) is 2. The maximum atomic E-state index is 10.1. The zero-order valence-electron chi connectivity index (χ0n) is 12.1. The fourth-order valence-electron chi connectivity index (χ4n) is 2.21. The van der Waals surface area contributed by atoms with Crippen LogP contribution in [0.2, 0.25) is 0 Å². The van der Waals surface area contributed by atoms with Gasteiger partial charge in [-0.2, -0.15) is 0 Å². The largest absolute Gasteiger partial charge is 0.390 e. The molecule has 0 aromatic rings. The van der Waals surface area contributed by atoms with Crippen molar-refractivity contribution in [2.24, 2.45) is 5.41 Å². The van der Waals surface area contributed by atoms with Gasteiger partial charge in [0.05, 0.1) is 24.9 Å². The van der Waals surface area contributed by atoms with Crippen molar-refractivity contribution in [2.75, 3.05) is 6.61 Å². The lowest BCUT2D eigenvalue weighted by atomic mass is 9.80. The van der Waals surface area contributed by atoms with Crippen LogP contribution in [-0.2, 0) is 4.74 Å². The molecule has 0 bridgehead atoms. The molecule has 1 rings (SSSR count). The summed E-state index contributed by atoms with van der Waals surface area (Å²) in [6, 6.07) is 0. The Kier molecular flexibility index (Phi) is 5.14. The standard InChI is InChI=1S/C15H26O3/c1-10(2)6-7-18-13-9-15(4,5)14(17)12(16)8-11(13)3/h6,8,12-14,16-17H,7,9H2,1-5H3. The van der Waals surface area contributed by atoms with Crippen LogP contribution in [0.1, 0.15) is 41.0 Å². The molecule has 1 aliphatic rings. The summed E-state index contributed by atoms with van der Waals surface area (Å²) in [6.07, 6.45) is 2.87. The Morgan fingerprint density at radius 3 is 2.61 bits per heavy atom. The Hall–Kier alpha value is -0.640. The van der Waals surface area contributed by atoms with Gasteiger partial charge in [0.15, 0.2) is 0 Å². The van der Waals surface area contributed by atoms with Gasteiger partial charge in [0.2, 0.25) is 0 Å². The van der Waals surface area contributed by atoms with E-state index in [1.165, 1.54) is 5.57 Å². The number of aliphatic hydroxyl groups is 2. The van der Waals surface area contributed by atoms with Gasteiger partial charge in [0, 0.05) is 0 Å². The van der Waals surface area contributed by atoms with E-state index in [0.29, 0.717) is 13.0 Å². The van der Waals surface area contributed by atoms with Gasteiger partial charge in [-0.1, -0.05) is 31.6 Å². The molecule has 0 fully saturated rings. The second kappa shape index (κ2) is 6.00. The van der Waals surface area contributed by atoms with Gasteiger partial charge < -0.3 is 14.9 Å². The lowest BCUT2D eigenvalue weighted by Crippen LogP contribution is -2.38. The van der Waals surface area contributed by atoms with E-state index in [0.717, 1.165) is 5.57 Å². The molecule has 1 aliphatic carbocycles. The molecule has 0 aliphatic heterocycles. The zero-order valence-corrected chi connectivity index (χ0v) is 12.1. The third-order valence-electron chi connectivity index (χ3n) is 3.57. The maximum absolute atomic E-state index is 10.1. The van der Waals surface area contributed by atoms with Gasteiger partial charge in [0.1, 0.15) is 0 Å². The predicted molar refractivity (Wildman–Crippen MR) is 73.3 cm³/mol. The molecule has 18 heavy (non-hydrogen) atoms. The summed E-state index contributed by atoms with van der Waals surface area (Å²) >= 11 is 0.